The number of benzene rings is 3. The molecule has 1 aliphatic rings. The molecule has 1 N–H and O–H groups in total. The molecule has 0 aromatic heterocycles. The third-order valence-electron chi connectivity index (χ3n) is 5.57. The summed E-state index contributed by atoms with van der Waals surface area (Å²) >= 11 is 3.38. The summed E-state index contributed by atoms with van der Waals surface area (Å²) in [6.07, 6.45) is 0.596. The molecule has 1 atom stereocenters. The molecule has 162 valence electrons. The van der Waals surface area contributed by atoms with Gasteiger partial charge in [-0.05, 0) is 41.8 Å². The third-order valence-corrected chi connectivity index (χ3v) is 6.10. The minimum absolute atomic E-state index is 0.0931. The first kappa shape index (κ1) is 21.8. The Hall–Kier alpha value is -3.38. The van der Waals surface area contributed by atoms with E-state index >= 15 is 0 Å². The van der Waals surface area contributed by atoms with E-state index in [1.165, 1.54) is 0 Å². The van der Waals surface area contributed by atoms with E-state index in [-0.39, 0.29) is 11.3 Å². The smallest absolute Gasteiger partial charge is 0.295 e. The quantitative estimate of drug-likeness (QED) is 0.295. The zero-order valence-corrected chi connectivity index (χ0v) is 19.1. The number of halogens is 1. The van der Waals surface area contributed by atoms with Gasteiger partial charge in [0.1, 0.15) is 11.5 Å². The molecule has 0 bridgehead atoms. The van der Waals surface area contributed by atoms with Crippen LogP contribution in [0.15, 0.2) is 88.9 Å². The Morgan fingerprint density at radius 2 is 1.62 bits per heavy atom. The Bertz CT molecular complexity index is 1150. The SMILES string of the molecule is COc1ccc(C2/C(=C(/O)c3ccc(Br)cc3)C(=O)C(=O)N2CCc2ccccc2)cc1. The first-order chi connectivity index (χ1) is 15.5. The Kier molecular flexibility index (Phi) is 6.42. The largest absolute Gasteiger partial charge is 0.507 e. The highest BCUT2D eigenvalue weighted by molar-refractivity contribution is 9.10. The van der Waals surface area contributed by atoms with E-state index in [1.807, 2.05) is 42.5 Å². The highest BCUT2D eigenvalue weighted by Crippen LogP contribution is 2.40. The van der Waals surface area contributed by atoms with Gasteiger partial charge in [0, 0.05) is 16.6 Å². The Labute approximate surface area is 195 Å². The molecule has 0 aliphatic carbocycles. The van der Waals surface area contributed by atoms with Crippen molar-refractivity contribution < 1.29 is 19.4 Å². The lowest BCUT2D eigenvalue weighted by atomic mass is 9.95. The van der Waals surface area contributed by atoms with Gasteiger partial charge in [-0.25, -0.2) is 0 Å². The zero-order valence-electron chi connectivity index (χ0n) is 17.5. The molecular weight excluding hydrogens is 470 g/mol. The van der Waals surface area contributed by atoms with Gasteiger partial charge in [-0.1, -0.05) is 70.5 Å². The topological polar surface area (TPSA) is 66.8 Å². The van der Waals surface area contributed by atoms with E-state index in [0.717, 1.165) is 15.6 Å². The minimum atomic E-state index is -0.687. The van der Waals surface area contributed by atoms with E-state index in [1.54, 1.807) is 48.4 Å². The lowest BCUT2D eigenvalue weighted by Gasteiger charge is -2.25. The van der Waals surface area contributed by atoms with Crippen LogP contribution in [-0.4, -0.2) is 35.4 Å². The van der Waals surface area contributed by atoms with Crippen LogP contribution in [0.2, 0.25) is 0 Å². The second kappa shape index (κ2) is 9.40. The van der Waals surface area contributed by atoms with Crippen molar-refractivity contribution in [3.05, 3.63) is 106 Å². The molecule has 1 amide bonds. The number of carbonyl (C=O) groups excluding carboxylic acids is 2. The van der Waals surface area contributed by atoms with Crippen molar-refractivity contribution in [2.24, 2.45) is 0 Å². The van der Waals surface area contributed by atoms with Crippen molar-refractivity contribution in [3.8, 4) is 5.75 Å². The molecule has 5 nitrogen and oxygen atoms in total. The number of likely N-dealkylation sites (tertiary alicyclic amines) is 1. The lowest BCUT2D eigenvalue weighted by Crippen LogP contribution is -2.31. The maximum Gasteiger partial charge on any atom is 0.295 e. The summed E-state index contributed by atoms with van der Waals surface area (Å²) in [7, 11) is 1.58. The van der Waals surface area contributed by atoms with Gasteiger partial charge >= 0.3 is 0 Å². The third kappa shape index (κ3) is 4.32. The van der Waals surface area contributed by atoms with Crippen LogP contribution in [0.1, 0.15) is 22.7 Å². The molecule has 3 aromatic rings. The second-order valence-electron chi connectivity index (χ2n) is 7.51. The van der Waals surface area contributed by atoms with Crippen molar-refractivity contribution in [2.75, 3.05) is 13.7 Å². The number of aliphatic hydroxyl groups is 1. The molecule has 1 heterocycles. The second-order valence-corrected chi connectivity index (χ2v) is 8.42. The fraction of sp³-hybridized carbons (Fsp3) is 0.154. The molecule has 0 spiro atoms. The molecule has 1 aliphatic heterocycles. The van der Waals surface area contributed by atoms with Crippen LogP contribution >= 0.6 is 15.9 Å². The number of Topliss-reactive ketones (excluding diaryl/α,β-unsaturated/α-hetero) is 1. The predicted octanol–water partition coefficient (Wildman–Crippen LogP) is 5.12. The lowest BCUT2D eigenvalue weighted by molar-refractivity contribution is -0.139. The van der Waals surface area contributed by atoms with E-state index in [9.17, 15) is 14.7 Å². The summed E-state index contributed by atoms with van der Waals surface area (Å²) in [6.45, 7) is 0.350. The molecular formula is C26H22BrNO4. The number of ether oxygens (including phenoxy) is 1. The summed E-state index contributed by atoms with van der Waals surface area (Å²) in [5, 5.41) is 11.1. The van der Waals surface area contributed by atoms with Crippen molar-refractivity contribution in [2.45, 2.75) is 12.5 Å². The first-order valence-corrected chi connectivity index (χ1v) is 11.0. The van der Waals surface area contributed by atoms with E-state index in [2.05, 4.69) is 15.9 Å². The highest BCUT2D eigenvalue weighted by atomic mass is 79.9. The van der Waals surface area contributed by atoms with Gasteiger partial charge in [-0.2, -0.15) is 0 Å². The van der Waals surface area contributed by atoms with Gasteiger partial charge < -0.3 is 14.7 Å². The van der Waals surface area contributed by atoms with Gasteiger partial charge in [0.25, 0.3) is 11.7 Å². The number of amides is 1. The van der Waals surface area contributed by atoms with E-state index < -0.39 is 17.7 Å². The highest BCUT2D eigenvalue weighted by Gasteiger charge is 2.45. The van der Waals surface area contributed by atoms with E-state index in [0.29, 0.717) is 24.3 Å². The van der Waals surface area contributed by atoms with Gasteiger partial charge in [-0.15, -0.1) is 0 Å². The van der Waals surface area contributed by atoms with Crippen LogP contribution < -0.4 is 4.74 Å². The van der Waals surface area contributed by atoms with Crippen LogP contribution in [0, 0.1) is 0 Å². The van der Waals surface area contributed by atoms with Crippen molar-refractivity contribution in [1.29, 1.82) is 0 Å². The van der Waals surface area contributed by atoms with Crippen LogP contribution in [-0.2, 0) is 16.0 Å². The number of hydrogen-bond acceptors (Lipinski definition) is 4. The number of rotatable bonds is 6. The predicted molar refractivity (Wildman–Crippen MR) is 126 cm³/mol. The zero-order chi connectivity index (χ0) is 22.7. The monoisotopic (exact) mass is 491 g/mol. The van der Waals surface area contributed by atoms with Gasteiger partial charge in [-0.3, -0.25) is 9.59 Å². The summed E-state index contributed by atoms with van der Waals surface area (Å²) in [4.78, 5) is 27.6. The molecule has 32 heavy (non-hydrogen) atoms. The minimum Gasteiger partial charge on any atom is -0.507 e. The van der Waals surface area contributed by atoms with Crippen molar-refractivity contribution in [3.63, 3.8) is 0 Å². The molecule has 0 saturated carbocycles. The van der Waals surface area contributed by atoms with Crippen LogP contribution in [0.5, 0.6) is 5.75 Å². The summed E-state index contributed by atoms with van der Waals surface area (Å²) in [5.74, 6) is -0.804. The molecule has 1 fully saturated rings. The average Bonchev–Trinajstić information content (AvgIpc) is 3.08. The molecule has 3 aromatic carbocycles. The maximum atomic E-state index is 13.1. The molecule has 4 rings (SSSR count). The first-order valence-electron chi connectivity index (χ1n) is 10.2. The number of nitrogens with zero attached hydrogens (tertiary/aromatic N) is 1. The molecule has 0 radical (unpaired) electrons. The number of aliphatic hydroxyl groups excluding tert-OH is 1. The van der Waals surface area contributed by atoms with E-state index in [4.69, 9.17) is 4.74 Å². The fourth-order valence-corrected chi connectivity index (χ4v) is 4.17. The van der Waals surface area contributed by atoms with Crippen molar-refractivity contribution >= 4 is 33.4 Å². The Morgan fingerprint density at radius 1 is 0.969 bits per heavy atom. The number of hydrogen-bond donors (Lipinski definition) is 1. The van der Waals surface area contributed by atoms with Crippen LogP contribution in [0.4, 0.5) is 0 Å². The Morgan fingerprint density at radius 3 is 2.25 bits per heavy atom. The fourth-order valence-electron chi connectivity index (χ4n) is 3.90. The van der Waals surface area contributed by atoms with Gasteiger partial charge in [0.05, 0.1) is 18.7 Å². The van der Waals surface area contributed by atoms with Crippen LogP contribution in [0.25, 0.3) is 5.76 Å². The van der Waals surface area contributed by atoms with Gasteiger partial charge in [0.15, 0.2) is 0 Å². The van der Waals surface area contributed by atoms with Crippen LogP contribution in [0.3, 0.4) is 0 Å². The van der Waals surface area contributed by atoms with Crippen molar-refractivity contribution in [1.82, 2.24) is 4.90 Å². The number of ketones is 1. The van der Waals surface area contributed by atoms with Gasteiger partial charge in [0.2, 0.25) is 0 Å². The normalized spacial score (nSPS) is 17.6. The summed E-state index contributed by atoms with van der Waals surface area (Å²) in [6, 6.07) is 23.3. The molecule has 6 heteroatoms. The summed E-state index contributed by atoms with van der Waals surface area (Å²) in [5.41, 5.74) is 2.37. The summed E-state index contributed by atoms with van der Waals surface area (Å²) < 4.78 is 6.10. The maximum absolute atomic E-state index is 13.1. The molecule has 1 saturated heterocycles. The standard InChI is InChI=1S/C26H22BrNO4/c1-32-21-13-9-18(10-14-21)23-22(24(29)19-7-11-20(27)12-8-19)25(30)26(31)28(23)16-15-17-5-3-2-4-6-17/h2-14,23,29H,15-16H2,1H3/b24-22-. The number of carbonyl (C=O) groups is 2. The number of methoxy groups -OCH3 is 1. The molecule has 1 unspecified atom stereocenters. The average molecular weight is 492 g/mol. The Balaban J connectivity index is 1.77.